The summed E-state index contributed by atoms with van der Waals surface area (Å²) >= 11 is 0. The van der Waals surface area contributed by atoms with E-state index in [2.05, 4.69) is 27.2 Å². The molecule has 2 aromatic carbocycles. The average Bonchev–Trinajstić information content (AvgIpc) is 2.89. The Morgan fingerprint density at radius 1 is 1.03 bits per heavy atom. The highest BCUT2D eigenvalue weighted by Gasteiger charge is 2.38. The Morgan fingerprint density at radius 3 is 2.24 bits per heavy atom. The molecule has 3 N–H and O–H groups in total. The molecule has 4 rings (SSSR count). The maximum absolute atomic E-state index is 13.0. The second-order valence-electron chi connectivity index (χ2n) is 8.27. The number of nitrogens with one attached hydrogen (secondary N) is 1. The molecule has 1 aromatic heterocycles. The highest BCUT2D eigenvalue weighted by molar-refractivity contribution is 5.96. The molecule has 0 radical (unpaired) electrons. The van der Waals surface area contributed by atoms with Gasteiger partial charge in [0.2, 0.25) is 0 Å². The van der Waals surface area contributed by atoms with Gasteiger partial charge < -0.3 is 30.1 Å². The summed E-state index contributed by atoms with van der Waals surface area (Å²) in [5.74, 6) is -1.44. The maximum atomic E-state index is 13.0. The number of carboxylic acid groups (broad SMARTS) is 1. The van der Waals surface area contributed by atoms with Crippen LogP contribution in [0.25, 0.3) is 11.3 Å². The van der Waals surface area contributed by atoms with Crippen molar-refractivity contribution in [3.05, 3.63) is 60.4 Å². The van der Waals surface area contributed by atoms with Crippen LogP contribution < -0.4 is 10.1 Å². The zero-order chi connectivity index (χ0) is 27.9. The third-order valence-electron chi connectivity index (χ3n) is 5.54. The van der Waals surface area contributed by atoms with Gasteiger partial charge in [0.1, 0.15) is 17.3 Å². The molecule has 3 aromatic rings. The van der Waals surface area contributed by atoms with E-state index in [0.29, 0.717) is 41.6 Å². The molecule has 0 saturated carbocycles. The molecule has 0 atom stereocenters. The first-order valence-corrected chi connectivity index (χ1v) is 11.3. The van der Waals surface area contributed by atoms with Gasteiger partial charge in [-0.1, -0.05) is 0 Å². The number of alkyl halides is 3. The van der Waals surface area contributed by atoms with Gasteiger partial charge in [0, 0.05) is 37.3 Å². The number of hydrogen-bond acceptors (Lipinski definition) is 8. The highest BCUT2D eigenvalue weighted by Crippen LogP contribution is 2.29. The van der Waals surface area contributed by atoms with Gasteiger partial charge in [-0.05, 0) is 49.5 Å². The third kappa shape index (κ3) is 7.56. The van der Waals surface area contributed by atoms with Crippen LogP contribution in [0.15, 0.2) is 54.9 Å². The molecule has 1 aliphatic rings. The quantitative estimate of drug-likeness (QED) is 0.451. The Labute approximate surface area is 216 Å². The van der Waals surface area contributed by atoms with Crippen LogP contribution in [0.1, 0.15) is 10.4 Å². The van der Waals surface area contributed by atoms with E-state index in [1.807, 2.05) is 4.90 Å². The smallest absolute Gasteiger partial charge is 0.490 e. The van der Waals surface area contributed by atoms with E-state index in [-0.39, 0.29) is 11.7 Å². The van der Waals surface area contributed by atoms with Crippen molar-refractivity contribution in [2.45, 2.75) is 6.18 Å². The number of aromatic nitrogens is 2. The predicted octanol–water partition coefficient (Wildman–Crippen LogP) is 3.62. The first-order valence-electron chi connectivity index (χ1n) is 11.3. The number of carbonyl (C=O) groups is 2. The van der Waals surface area contributed by atoms with E-state index in [1.165, 1.54) is 0 Å². The second-order valence-corrected chi connectivity index (χ2v) is 8.27. The molecule has 1 amide bonds. The van der Waals surface area contributed by atoms with Gasteiger partial charge in [0.15, 0.2) is 0 Å². The molecule has 1 saturated heterocycles. The van der Waals surface area contributed by atoms with Crippen LogP contribution in [0.5, 0.6) is 11.5 Å². The van der Waals surface area contributed by atoms with E-state index in [1.54, 1.807) is 62.0 Å². The lowest BCUT2D eigenvalue weighted by molar-refractivity contribution is -0.192. The fourth-order valence-corrected chi connectivity index (χ4v) is 3.47. The summed E-state index contributed by atoms with van der Waals surface area (Å²) in [6.45, 7) is 3.16. The lowest BCUT2D eigenvalue weighted by atomic mass is 10.1. The third-order valence-corrected chi connectivity index (χ3v) is 5.54. The molecule has 0 spiro atoms. The number of carbonyl (C=O) groups excluding carboxylic acids is 1. The average molecular weight is 534 g/mol. The van der Waals surface area contributed by atoms with Crippen molar-refractivity contribution in [3.8, 4) is 22.8 Å². The van der Waals surface area contributed by atoms with Crippen molar-refractivity contribution in [3.63, 3.8) is 0 Å². The van der Waals surface area contributed by atoms with Crippen molar-refractivity contribution in [1.82, 2.24) is 19.8 Å². The predicted molar refractivity (Wildman–Crippen MR) is 133 cm³/mol. The molecule has 202 valence electrons. The summed E-state index contributed by atoms with van der Waals surface area (Å²) in [7, 11) is 3.64. The number of nitrogens with zero attached hydrogens (tertiary/aromatic N) is 4. The largest absolute Gasteiger partial charge is 0.508 e. The van der Waals surface area contributed by atoms with E-state index in [9.17, 15) is 23.1 Å². The SMILES string of the molecule is COc1ccc(C(=O)N2CCN(C)CC2)cc1Nc1cncc(-c2ccc(O)cc2)n1.O=C(O)C(F)(F)F. The number of phenolic OH excluding ortho intramolecular Hbond substituents is 1. The van der Waals surface area contributed by atoms with Crippen molar-refractivity contribution < 1.29 is 37.7 Å². The number of amides is 1. The van der Waals surface area contributed by atoms with Crippen molar-refractivity contribution >= 4 is 23.4 Å². The number of piperazine rings is 1. The fourth-order valence-electron chi connectivity index (χ4n) is 3.47. The zero-order valence-electron chi connectivity index (χ0n) is 20.6. The van der Waals surface area contributed by atoms with Gasteiger partial charge in [-0.3, -0.25) is 9.78 Å². The number of carboxylic acids is 1. The fraction of sp³-hybridized carbons (Fsp3) is 0.280. The van der Waals surface area contributed by atoms with E-state index < -0.39 is 12.1 Å². The van der Waals surface area contributed by atoms with Crippen LogP contribution >= 0.6 is 0 Å². The molecule has 2 heterocycles. The molecule has 0 aliphatic carbocycles. The van der Waals surface area contributed by atoms with Crippen molar-refractivity contribution in [2.24, 2.45) is 0 Å². The van der Waals surface area contributed by atoms with Gasteiger partial charge in [0.25, 0.3) is 5.91 Å². The van der Waals surface area contributed by atoms with E-state index >= 15 is 0 Å². The minimum Gasteiger partial charge on any atom is -0.508 e. The number of aromatic hydroxyl groups is 1. The van der Waals surface area contributed by atoms with Gasteiger partial charge >= 0.3 is 12.1 Å². The van der Waals surface area contributed by atoms with Crippen molar-refractivity contribution in [2.75, 3.05) is 45.7 Å². The number of ether oxygens (including phenoxy) is 1. The topological polar surface area (TPSA) is 128 Å². The van der Waals surface area contributed by atoms with Crippen LogP contribution in [0.2, 0.25) is 0 Å². The van der Waals surface area contributed by atoms with Gasteiger partial charge in [-0.15, -0.1) is 0 Å². The Morgan fingerprint density at radius 2 is 1.66 bits per heavy atom. The Hall–Kier alpha value is -4.39. The molecule has 0 bridgehead atoms. The summed E-state index contributed by atoms with van der Waals surface area (Å²) in [6.07, 6.45) is -1.82. The minimum absolute atomic E-state index is 0.00253. The summed E-state index contributed by atoms with van der Waals surface area (Å²) < 4.78 is 37.2. The normalized spacial score (nSPS) is 13.8. The molecule has 38 heavy (non-hydrogen) atoms. The maximum Gasteiger partial charge on any atom is 0.490 e. The number of halogens is 3. The summed E-state index contributed by atoms with van der Waals surface area (Å²) in [4.78, 5) is 34.8. The first-order chi connectivity index (χ1) is 18.0. The first kappa shape index (κ1) is 28.2. The number of methoxy groups -OCH3 is 1. The highest BCUT2D eigenvalue weighted by atomic mass is 19.4. The van der Waals surface area contributed by atoms with Crippen LogP contribution in [-0.4, -0.2) is 88.4 Å². The second kappa shape index (κ2) is 12.2. The van der Waals surface area contributed by atoms with Crippen LogP contribution in [0.4, 0.5) is 24.7 Å². The van der Waals surface area contributed by atoms with Crippen LogP contribution in [0.3, 0.4) is 0 Å². The molecule has 10 nitrogen and oxygen atoms in total. The molecular formula is C25H26F3N5O5. The number of phenols is 1. The van der Waals surface area contributed by atoms with Crippen LogP contribution in [0, 0.1) is 0 Å². The monoisotopic (exact) mass is 533 g/mol. The van der Waals surface area contributed by atoms with Crippen LogP contribution in [-0.2, 0) is 4.79 Å². The van der Waals surface area contributed by atoms with Gasteiger partial charge in [-0.2, -0.15) is 13.2 Å². The van der Waals surface area contributed by atoms with E-state index in [4.69, 9.17) is 14.6 Å². The summed E-state index contributed by atoms with van der Waals surface area (Å²) in [5, 5.41) is 19.8. The standard InChI is InChI=1S/C23H25N5O3.C2HF3O2/c1-27-9-11-28(12-10-27)23(30)17-5-8-21(31-2)19(13-17)25-22-15-24-14-20(26-22)16-3-6-18(29)7-4-16;3-2(4,5)1(6)7/h3-8,13-15,29H,9-12H2,1-2H3,(H,25,26);(H,6,7). The molecular weight excluding hydrogens is 507 g/mol. The lowest BCUT2D eigenvalue weighted by Crippen LogP contribution is -2.47. The zero-order valence-corrected chi connectivity index (χ0v) is 20.6. The number of benzene rings is 2. The summed E-state index contributed by atoms with van der Waals surface area (Å²) in [5.41, 5.74) is 2.73. The molecule has 13 heteroatoms. The van der Waals surface area contributed by atoms with E-state index in [0.717, 1.165) is 18.7 Å². The van der Waals surface area contributed by atoms with Gasteiger partial charge in [0.05, 0.1) is 30.9 Å². The lowest BCUT2D eigenvalue weighted by Gasteiger charge is -2.32. The van der Waals surface area contributed by atoms with Gasteiger partial charge in [-0.25, -0.2) is 9.78 Å². The molecule has 1 fully saturated rings. The van der Waals surface area contributed by atoms with Crippen molar-refractivity contribution in [1.29, 1.82) is 0 Å². The number of rotatable bonds is 5. The Kier molecular flexibility index (Phi) is 9.07. The summed E-state index contributed by atoms with van der Waals surface area (Å²) in [6, 6.07) is 12.1. The Bertz CT molecular complexity index is 1260. The molecule has 0 unspecified atom stereocenters. The molecule has 1 aliphatic heterocycles. The number of hydrogen-bond donors (Lipinski definition) is 3. The Balaban J connectivity index is 0.000000505. The number of aliphatic carboxylic acids is 1. The number of anilines is 2. The number of likely N-dealkylation sites (N-methyl/N-ethyl adjacent to an activating group) is 1. The minimum atomic E-state index is -5.08.